The van der Waals surface area contributed by atoms with Crippen molar-refractivity contribution in [3.05, 3.63) is 108 Å². The standard InChI is InChI=1S/C30H30O9/c1-20-26(37-29(32)23-14-8-4-9-15-23)28(38-30(33)24-16-10-5-11-17-24)27(25(36-20)19-35-39-21(2)31)34-18-22-12-6-3-7-13-22/h3-17,20,25-28H,18-19H2,1-2H3/t20-,25?,26?,27-,28?/m0/s1. The van der Waals surface area contributed by atoms with Crippen LogP contribution in [0.3, 0.4) is 0 Å². The number of esters is 2. The molecule has 1 heterocycles. The number of benzene rings is 3. The Balaban J connectivity index is 1.64. The van der Waals surface area contributed by atoms with Gasteiger partial charge in [0.05, 0.1) is 23.8 Å². The zero-order chi connectivity index (χ0) is 27.6. The first-order valence-electron chi connectivity index (χ1n) is 12.6. The van der Waals surface area contributed by atoms with E-state index in [9.17, 15) is 14.4 Å². The van der Waals surface area contributed by atoms with Crippen molar-refractivity contribution in [3.8, 4) is 0 Å². The Hall–Kier alpha value is -4.05. The summed E-state index contributed by atoms with van der Waals surface area (Å²) in [5, 5.41) is 0. The van der Waals surface area contributed by atoms with Crippen molar-refractivity contribution in [1.29, 1.82) is 0 Å². The minimum Gasteiger partial charge on any atom is -0.452 e. The highest BCUT2D eigenvalue weighted by molar-refractivity contribution is 5.90. The molecule has 1 fully saturated rings. The molecule has 0 bridgehead atoms. The molecule has 204 valence electrons. The van der Waals surface area contributed by atoms with E-state index in [4.69, 9.17) is 23.8 Å². The molecule has 0 N–H and O–H groups in total. The van der Waals surface area contributed by atoms with Crippen molar-refractivity contribution >= 4 is 17.9 Å². The first-order chi connectivity index (χ1) is 18.9. The number of hydrogen-bond donors (Lipinski definition) is 0. The number of carbonyl (C=O) groups excluding carboxylic acids is 3. The molecule has 1 aliphatic heterocycles. The van der Waals surface area contributed by atoms with Crippen molar-refractivity contribution in [3.63, 3.8) is 0 Å². The van der Waals surface area contributed by atoms with Crippen LogP contribution in [0.15, 0.2) is 91.0 Å². The topological polar surface area (TPSA) is 107 Å². The molecule has 0 saturated carbocycles. The molecular weight excluding hydrogens is 504 g/mol. The highest BCUT2D eigenvalue weighted by atomic mass is 17.2. The number of rotatable bonds is 10. The van der Waals surface area contributed by atoms with Gasteiger partial charge < -0.3 is 18.9 Å². The van der Waals surface area contributed by atoms with Gasteiger partial charge in [0.1, 0.15) is 18.8 Å². The van der Waals surface area contributed by atoms with Crippen molar-refractivity contribution in [2.45, 2.75) is 51.0 Å². The molecule has 3 aromatic rings. The van der Waals surface area contributed by atoms with Crippen LogP contribution in [0.2, 0.25) is 0 Å². The van der Waals surface area contributed by atoms with Crippen LogP contribution in [0.5, 0.6) is 0 Å². The van der Waals surface area contributed by atoms with E-state index < -0.39 is 48.4 Å². The molecule has 1 aliphatic rings. The SMILES string of the molecule is CC(=O)OOCC1O[C@@H](C)C(OC(=O)c2ccccc2)C(OC(=O)c2ccccc2)[C@H]1OCc1ccccc1. The second-order valence-corrected chi connectivity index (χ2v) is 8.97. The van der Waals surface area contributed by atoms with Crippen LogP contribution in [0.4, 0.5) is 0 Å². The molecular formula is C30H30O9. The second-order valence-electron chi connectivity index (χ2n) is 8.97. The van der Waals surface area contributed by atoms with Crippen molar-refractivity contribution in [2.75, 3.05) is 6.61 Å². The maximum atomic E-state index is 13.2. The molecule has 4 rings (SSSR count). The summed E-state index contributed by atoms with van der Waals surface area (Å²) in [5.74, 6) is -1.86. The fourth-order valence-corrected chi connectivity index (χ4v) is 4.21. The number of ether oxygens (including phenoxy) is 4. The van der Waals surface area contributed by atoms with Gasteiger partial charge in [0.15, 0.2) is 12.2 Å². The van der Waals surface area contributed by atoms with Crippen LogP contribution in [0.1, 0.15) is 40.1 Å². The third kappa shape index (κ3) is 7.73. The van der Waals surface area contributed by atoms with E-state index in [2.05, 4.69) is 4.89 Å². The molecule has 0 aromatic heterocycles. The van der Waals surface area contributed by atoms with Gasteiger partial charge in [0, 0.05) is 6.92 Å². The molecule has 0 spiro atoms. The Labute approximate surface area is 226 Å². The molecule has 0 radical (unpaired) electrons. The quantitative estimate of drug-likeness (QED) is 0.214. The third-order valence-electron chi connectivity index (χ3n) is 6.07. The summed E-state index contributed by atoms with van der Waals surface area (Å²) in [6, 6.07) is 26.3. The highest BCUT2D eigenvalue weighted by Crippen LogP contribution is 2.30. The molecule has 0 amide bonds. The number of hydrogen-bond acceptors (Lipinski definition) is 9. The maximum absolute atomic E-state index is 13.2. The van der Waals surface area contributed by atoms with Gasteiger partial charge in [0.25, 0.3) is 0 Å². The fourth-order valence-electron chi connectivity index (χ4n) is 4.21. The van der Waals surface area contributed by atoms with Crippen LogP contribution >= 0.6 is 0 Å². The van der Waals surface area contributed by atoms with Gasteiger partial charge >= 0.3 is 17.9 Å². The van der Waals surface area contributed by atoms with Crippen molar-refractivity contribution in [1.82, 2.24) is 0 Å². The Morgan fingerprint density at radius 1 is 0.718 bits per heavy atom. The normalized spacial score (nSPS) is 22.5. The zero-order valence-electron chi connectivity index (χ0n) is 21.6. The van der Waals surface area contributed by atoms with Gasteiger partial charge in [-0.1, -0.05) is 66.7 Å². The first-order valence-corrected chi connectivity index (χ1v) is 12.6. The summed E-state index contributed by atoms with van der Waals surface area (Å²) in [6.07, 6.45) is -4.60. The average Bonchev–Trinajstić information content (AvgIpc) is 2.95. The second kappa shape index (κ2) is 13.7. The Kier molecular flexibility index (Phi) is 9.80. The van der Waals surface area contributed by atoms with Gasteiger partial charge in [-0.25, -0.2) is 14.4 Å². The largest absolute Gasteiger partial charge is 0.452 e. The predicted molar refractivity (Wildman–Crippen MR) is 138 cm³/mol. The molecule has 9 nitrogen and oxygen atoms in total. The molecule has 3 unspecified atom stereocenters. The molecule has 1 saturated heterocycles. The molecule has 39 heavy (non-hydrogen) atoms. The van der Waals surface area contributed by atoms with E-state index in [1.807, 2.05) is 30.3 Å². The van der Waals surface area contributed by atoms with Gasteiger partial charge in [-0.3, -0.25) is 4.89 Å². The van der Waals surface area contributed by atoms with E-state index in [0.717, 1.165) is 5.56 Å². The van der Waals surface area contributed by atoms with E-state index in [-0.39, 0.29) is 13.2 Å². The lowest BCUT2D eigenvalue weighted by molar-refractivity contribution is -0.308. The molecule has 3 aromatic carbocycles. The van der Waals surface area contributed by atoms with E-state index in [0.29, 0.717) is 11.1 Å². The molecule has 0 aliphatic carbocycles. The minimum atomic E-state index is -1.08. The molecule has 5 atom stereocenters. The number of carbonyl (C=O) groups is 3. The monoisotopic (exact) mass is 534 g/mol. The average molecular weight is 535 g/mol. The summed E-state index contributed by atoms with van der Waals surface area (Å²) in [7, 11) is 0. The highest BCUT2D eigenvalue weighted by Gasteiger charge is 2.50. The van der Waals surface area contributed by atoms with Gasteiger partial charge in [-0.2, -0.15) is 4.89 Å². The van der Waals surface area contributed by atoms with Gasteiger partial charge in [-0.15, -0.1) is 0 Å². The summed E-state index contributed by atoms with van der Waals surface area (Å²) < 4.78 is 24.2. The predicted octanol–water partition coefficient (Wildman–Crippen LogP) is 4.31. The fraction of sp³-hybridized carbons (Fsp3) is 0.300. The van der Waals surface area contributed by atoms with Gasteiger partial charge in [-0.05, 0) is 36.8 Å². The lowest BCUT2D eigenvalue weighted by Gasteiger charge is -2.44. The summed E-state index contributed by atoms with van der Waals surface area (Å²) in [5.41, 5.74) is 1.51. The molecule has 9 heteroatoms. The van der Waals surface area contributed by atoms with Crippen LogP contribution in [0, 0.1) is 0 Å². The minimum absolute atomic E-state index is 0.145. The van der Waals surface area contributed by atoms with Crippen LogP contribution in [0.25, 0.3) is 0 Å². The third-order valence-corrected chi connectivity index (χ3v) is 6.07. The Bertz CT molecular complexity index is 1220. The van der Waals surface area contributed by atoms with Crippen LogP contribution in [-0.4, -0.2) is 55.0 Å². The summed E-state index contributed by atoms with van der Waals surface area (Å²) in [6.45, 7) is 2.84. The van der Waals surface area contributed by atoms with Crippen LogP contribution < -0.4 is 0 Å². The van der Waals surface area contributed by atoms with Crippen molar-refractivity contribution in [2.24, 2.45) is 0 Å². The zero-order valence-corrected chi connectivity index (χ0v) is 21.6. The smallest absolute Gasteiger partial charge is 0.339 e. The Morgan fingerprint density at radius 2 is 1.23 bits per heavy atom. The van der Waals surface area contributed by atoms with Crippen molar-refractivity contribution < 1.29 is 43.1 Å². The summed E-state index contributed by atoms with van der Waals surface area (Å²) >= 11 is 0. The van der Waals surface area contributed by atoms with E-state index >= 15 is 0 Å². The van der Waals surface area contributed by atoms with Gasteiger partial charge in [0.2, 0.25) is 0 Å². The maximum Gasteiger partial charge on any atom is 0.339 e. The van der Waals surface area contributed by atoms with E-state index in [1.165, 1.54) is 6.92 Å². The first kappa shape index (κ1) is 28.0. The lowest BCUT2D eigenvalue weighted by atomic mass is 9.94. The van der Waals surface area contributed by atoms with Crippen LogP contribution in [-0.2, 0) is 40.1 Å². The van der Waals surface area contributed by atoms with E-state index in [1.54, 1.807) is 67.6 Å². The lowest BCUT2D eigenvalue weighted by Crippen LogP contribution is -2.61. The Morgan fingerprint density at radius 3 is 1.77 bits per heavy atom. The summed E-state index contributed by atoms with van der Waals surface area (Å²) in [4.78, 5) is 47.2.